The Hall–Kier alpha value is -2.97. The zero-order valence-corrected chi connectivity index (χ0v) is 26.3. The first-order valence-electron chi connectivity index (χ1n) is 15.5. The fourth-order valence-corrected chi connectivity index (χ4v) is 8.97. The van der Waals surface area contributed by atoms with Gasteiger partial charge in [0.2, 0.25) is 5.88 Å². The number of ether oxygens (including phenoxy) is 1. The Morgan fingerprint density at radius 1 is 1.16 bits per heavy atom. The first-order chi connectivity index (χ1) is 20.7. The molecular weight excluding hydrogens is 581 g/mol. The molecule has 43 heavy (non-hydrogen) atoms. The van der Waals surface area contributed by atoms with Crippen LogP contribution in [0.2, 0.25) is 16.8 Å². The van der Waals surface area contributed by atoms with Crippen LogP contribution in [0, 0.1) is 33.9 Å². The van der Waals surface area contributed by atoms with Crippen molar-refractivity contribution in [2.24, 2.45) is 22.7 Å². The number of fused-ring (bicyclic) bond motifs is 1. The molecule has 9 nitrogen and oxygen atoms in total. The Bertz CT molecular complexity index is 1560. The molecule has 1 unspecified atom stereocenters. The van der Waals surface area contributed by atoms with Gasteiger partial charge in [-0.05, 0) is 91.1 Å². The summed E-state index contributed by atoms with van der Waals surface area (Å²) in [7, 11) is 0. The molecule has 12 heteroatoms. The van der Waals surface area contributed by atoms with Crippen molar-refractivity contribution in [3.63, 3.8) is 0 Å². The molecule has 0 aromatic carbocycles. The maximum Gasteiger partial charge on any atom is 0.273 e. The molecule has 1 amide bonds. The summed E-state index contributed by atoms with van der Waals surface area (Å²) in [6.45, 7) is 6.06. The molecule has 4 fully saturated rings. The minimum atomic E-state index is -0.342. The maximum absolute atomic E-state index is 12.8. The van der Waals surface area contributed by atoms with Gasteiger partial charge in [0.1, 0.15) is 10.2 Å². The number of aryl methyl sites for hydroxylation is 1. The van der Waals surface area contributed by atoms with Gasteiger partial charge in [-0.1, -0.05) is 38.2 Å². The van der Waals surface area contributed by atoms with E-state index in [1.165, 1.54) is 25.7 Å². The van der Waals surface area contributed by atoms with Crippen molar-refractivity contribution in [1.29, 1.82) is 5.26 Å². The molecule has 3 aromatic heterocycles. The van der Waals surface area contributed by atoms with Gasteiger partial charge in [0, 0.05) is 42.9 Å². The van der Waals surface area contributed by atoms with E-state index in [9.17, 15) is 10.1 Å². The van der Waals surface area contributed by atoms with Gasteiger partial charge in [-0.25, -0.2) is 14.9 Å². The molecule has 3 saturated carbocycles. The third-order valence-electron chi connectivity index (χ3n) is 10.7. The number of carbonyl (C=O) groups is 1. The topological polar surface area (TPSA) is 111 Å². The van der Waals surface area contributed by atoms with Crippen molar-refractivity contribution in [3.8, 4) is 17.7 Å². The van der Waals surface area contributed by atoms with Crippen molar-refractivity contribution >= 4 is 36.2 Å². The normalized spacial score (nSPS) is 22.1. The summed E-state index contributed by atoms with van der Waals surface area (Å²) in [5.74, 6) is 4.68. The van der Waals surface area contributed by atoms with Gasteiger partial charge >= 0.3 is 0 Å². The number of amides is 1. The van der Waals surface area contributed by atoms with Gasteiger partial charge in [-0.15, -0.1) is 5.10 Å². The summed E-state index contributed by atoms with van der Waals surface area (Å²) in [5, 5.41) is 19.4. The average Bonchev–Trinajstić information content (AvgIpc) is 3.90. The Morgan fingerprint density at radius 3 is 2.65 bits per heavy atom. The van der Waals surface area contributed by atoms with E-state index in [1.807, 2.05) is 23.0 Å². The van der Waals surface area contributed by atoms with Crippen molar-refractivity contribution < 1.29 is 9.53 Å². The summed E-state index contributed by atoms with van der Waals surface area (Å²) in [4.78, 5) is 17.2. The number of carbonyl (C=O) groups excluding carboxylic acids is 1. The first kappa shape index (κ1) is 28.8. The zero-order valence-electron chi connectivity index (χ0n) is 24.8. The van der Waals surface area contributed by atoms with E-state index in [0.717, 1.165) is 56.4 Å². The van der Waals surface area contributed by atoms with Crippen LogP contribution in [0.4, 0.5) is 0 Å². The molecule has 1 aliphatic heterocycles. The molecule has 3 aromatic rings. The molecular formula is C31H37BClN7O2S. The summed E-state index contributed by atoms with van der Waals surface area (Å²) < 4.78 is 12.3. The van der Waals surface area contributed by atoms with Crippen LogP contribution in [0.5, 0.6) is 5.88 Å². The predicted molar refractivity (Wildman–Crippen MR) is 166 cm³/mol. The van der Waals surface area contributed by atoms with Gasteiger partial charge < -0.3 is 4.74 Å². The molecule has 1 saturated heterocycles. The molecule has 4 heterocycles. The van der Waals surface area contributed by atoms with E-state index >= 15 is 0 Å². The van der Waals surface area contributed by atoms with Crippen LogP contribution in [0.3, 0.4) is 0 Å². The zero-order chi connectivity index (χ0) is 29.8. The lowest BCUT2D eigenvalue weighted by Crippen LogP contribution is -2.19. The predicted octanol–water partition coefficient (Wildman–Crippen LogP) is 6.65. The van der Waals surface area contributed by atoms with Gasteiger partial charge in [0.05, 0.1) is 12.2 Å². The number of halogens is 1. The van der Waals surface area contributed by atoms with E-state index in [0.29, 0.717) is 40.1 Å². The number of hydrogen-bond acceptors (Lipinski definition) is 7. The summed E-state index contributed by atoms with van der Waals surface area (Å²) in [6, 6.07) is 7.09. The van der Waals surface area contributed by atoms with Crippen LogP contribution in [0.25, 0.3) is 5.82 Å². The minimum absolute atomic E-state index is 0.103. The SMILES string of the molecule is CC1(C)CC(CCCn2ccc(SNC(=O)c3ccc(-n4ccc(OCCC5C6(CC6)C56CC6)n4)nc3Cl)n2)CB1C#N. The number of hydrogen-bond donors (Lipinski definition) is 1. The lowest BCUT2D eigenvalue weighted by atomic mass is 9.37. The maximum atomic E-state index is 12.8. The van der Waals surface area contributed by atoms with Crippen LogP contribution in [0.1, 0.15) is 75.6 Å². The lowest BCUT2D eigenvalue weighted by molar-refractivity contribution is 0.0984. The Labute approximate surface area is 262 Å². The molecule has 4 aliphatic rings. The van der Waals surface area contributed by atoms with Crippen molar-refractivity contribution in [1.82, 2.24) is 29.3 Å². The highest BCUT2D eigenvalue weighted by Gasteiger charge is 2.85. The van der Waals surface area contributed by atoms with Crippen LogP contribution < -0.4 is 9.46 Å². The van der Waals surface area contributed by atoms with Gasteiger partial charge in [-0.2, -0.15) is 5.10 Å². The highest BCUT2D eigenvalue weighted by Crippen LogP contribution is 2.93. The summed E-state index contributed by atoms with van der Waals surface area (Å²) >= 11 is 7.57. The monoisotopic (exact) mass is 617 g/mol. The van der Waals surface area contributed by atoms with Crippen LogP contribution in [0.15, 0.2) is 41.7 Å². The summed E-state index contributed by atoms with van der Waals surface area (Å²) in [6.07, 6.45) is 14.7. The number of nitriles is 1. The standard InChI is InChI=1S/C31H37BClN7O2S/c1-29(2)18-21(19-32(29)20-34)4-3-14-39-15-8-26(37-39)43-38-28(41)22-5-6-24(35-27(22)33)40-16-7-25(36-40)42-17-9-23-30(10-11-30)31(23)12-13-31/h5-8,15-16,21,23H,3-4,9-14,17-19H2,1-2H3,(H,38,41). The number of aromatic nitrogens is 5. The lowest BCUT2D eigenvalue weighted by Gasteiger charge is -2.19. The molecule has 1 N–H and O–H groups in total. The third kappa shape index (κ3) is 5.46. The number of nitrogens with one attached hydrogen (secondary N) is 1. The van der Waals surface area contributed by atoms with E-state index in [2.05, 4.69) is 39.7 Å². The van der Waals surface area contributed by atoms with Crippen molar-refractivity contribution in [2.75, 3.05) is 6.61 Å². The second kappa shape index (κ2) is 10.9. The highest BCUT2D eigenvalue weighted by atomic mass is 35.5. The Kier molecular flexibility index (Phi) is 7.29. The van der Waals surface area contributed by atoms with E-state index in [-0.39, 0.29) is 28.7 Å². The fourth-order valence-electron chi connectivity index (χ4n) is 8.16. The van der Waals surface area contributed by atoms with Crippen LogP contribution >= 0.6 is 23.5 Å². The van der Waals surface area contributed by atoms with Gasteiger partial charge in [-0.3, -0.25) is 14.2 Å². The van der Waals surface area contributed by atoms with Crippen molar-refractivity contribution in [3.05, 3.63) is 47.4 Å². The number of rotatable bonds is 12. The third-order valence-corrected chi connectivity index (χ3v) is 11.7. The molecule has 224 valence electrons. The van der Waals surface area contributed by atoms with Gasteiger partial charge in [0.15, 0.2) is 5.82 Å². The average molecular weight is 618 g/mol. The Morgan fingerprint density at radius 2 is 1.95 bits per heavy atom. The fraction of sp³-hybridized carbons (Fsp3) is 0.581. The Balaban J connectivity index is 0.858. The van der Waals surface area contributed by atoms with Crippen LogP contribution in [-0.2, 0) is 6.54 Å². The molecule has 1 atom stereocenters. The molecule has 2 spiro atoms. The van der Waals surface area contributed by atoms with E-state index < -0.39 is 0 Å². The smallest absolute Gasteiger partial charge is 0.273 e. The molecule has 0 bridgehead atoms. The molecule has 0 radical (unpaired) electrons. The molecule has 3 aliphatic carbocycles. The van der Waals surface area contributed by atoms with E-state index in [1.54, 1.807) is 23.0 Å². The number of pyridine rings is 1. The second-order valence-corrected chi connectivity index (χ2v) is 14.9. The number of nitrogens with zero attached hydrogens (tertiary/aromatic N) is 6. The quantitative estimate of drug-likeness (QED) is 0.138. The van der Waals surface area contributed by atoms with Crippen LogP contribution in [-0.4, -0.2) is 43.8 Å². The first-order valence-corrected chi connectivity index (χ1v) is 16.7. The van der Waals surface area contributed by atoms with E-state index in [4.69, 9.17) is 16.3 Å². The molecule has 7 rings (SSSR count). The minimum Gasteiger partial charge on any atom is -0.477 e. The largest absolute Gasteiger partial charge is 0.477 e. The van der Waals surface area contributed by atoms with Crippen molar-refractivity contribution in [2.45, 2.75) is 88.4 Å². The summed E-state index contributed by atoms with van der Waals surface area (Å²) in [5.41, 5.74) is 1.67. The second-order valence-electron chi connectivity index (χ2n) is 13.7. The highest BCUT2D eigenvalue weighted by molar-refractivity contribution is 7.97. The van der Waals surface area contributed by atoms with Gasteiger partial charge in [0.25, 0.3) is 12.6 Å².